The van der Waals surface area contributed by atoms with E-state index in [1.807, 2.05) is 18.2 Å². The van der Waals surface area contributed by atoms with E-state index in [0.717, 1.165) is 0 Å². The highest BCUT2D eigenvalue weighted by molar-refractivity contribution is 6.31. The zero-order chi connectivity index (χ0) is 21.1. The van der Waals surface area contributed by atoms with E-state index in [2.05, 4.69) is 11.4 Å². The number of carbonyl (C=O) groups is 1. The molecule has 0 saturated heterocycles. The quantitative estimate of drug-likeness (QED) is 0.602. The standard InChI is InChI=1S/C25H19ClN2O2/c26-21-14-8-7-13-20(21)22-18(15-27)16-28-25(30,19-11-5-2-6-12-19)23(22)24(29)17-9-3-1-4-10-17/h1-14,16,22-23,28,30H. The number of nitrogens with one attached hydrogen (secondary N) is 1. The molecule has 0 radical (unpaired) electrons. The minimum atomic E-state index is -1.72. The number of benzene rings is 3. The van der Waals surface area contributed by atoms with Gasteiger partial charge in [-0.2, -0.15) is 5.26 Å². The number of ketones is 1. The molecule has 3 aromatic rings. The van der Waals surface area contributed by atoms with Gasteiger partial charge in [-0.1, -0.05) is 90.5 Å². The van der Waals surface area contributed by atoms with Gasteiger partial charge in [-0.3, -0.25) is 4.79 Å². The molecule has 148 valence electrons. The lowest BCUT2D eigenvalue weighted by Crippen LogP contribution is -2.54. The molecule has 0 saturated carbocycles. The van der Waals surface area contributed by atoms with Gasteiger partial charge in [0.25, 0.3) is 0 Å². The summed E-state index contributed by atoms with van der Waals surface area (Å²) in [7, 11) is 0. The highest BCUT2D eigenvalue weighted by Crippen LogP contribution is 2.47. The first-order chi connectivity index (χ1) is 14.6. The van der Waals surface area contributed by atoms with E-state index in [1.54, 1.807) is 66.7 Å². The number of halogens is 1. The molecule has 5 heteroatoms. The molecule has 2 N–H and O–H groups in total. The molecule has 4 nitrogen and oxygen atoms in total. The molecule has 0 bridgehead atoms. The van der Waals surface area contributed by atoms with E-state index < -0.39 is 17.6 Å². The van der Waals surface area contributed by atoms with Gasteiger partial charge in [-0.25, -0.2) is 0 Å². The Kier molecular flexibility index (Phi) is 5.41. The summed E-state index contributed by atoms with van der Waals surface area (Å²) in [6.07, 6.45) is 1.48. The average Bonchev–Trinajstić information content (AvgIpc) is 2.80. The van der Waals surface area contributed by atoms with Gasteiger partial charge in [-0.05, 0) is 11.6 Å². The first-order valence-corrected chi connectivity index (χ1v) is 9.93. The van der Waals surface area contributed by atoms with Crippen molar-refractivity contribution in [1.82, 2.24) is 5.32 Å². The van der Waals surface area contributed by atoms with Crippen molar-refractivity contribution in [3.8, 4) is 6.07 Å². The topological polar surface area (TPSA) is 73.1 Å². The number of rotatable bonds is 4. The van der Waals surface area contributed by atoms with Gasteiger partial charge in [0.15, 0.2) is 11.5 Å². The molecule has 1 heterocycles. The molecular formula is C25H19ClN2O2. The van der Waals surface area contributed by atoms with Crippen molar-refractivity contribution in [2.45, 2.75) is 11.6 Å². The van der Waals surface area contributed by atoms with Crippen molar-refractivity contribution < 1.29 is 9.90 Å². The highest BCUT2D eigenvalue weighted by atomic mass is 35.5. The van der Waals surface area contributed by atoms with Crippen LogP contribution in [0.4, 0.5) is 0 Å². The summed E-state index contributed by atoms with van der Waals surface area (Å²) in [4.78, 5) is 13.8. The Bertz CT molecular complexity index is 1140. The summed E-state index contributed by atoms with van der Waals surface area (Å²) < 4.78 is 0. The maximum absolute atomic E-state index is 13.8. The molecule has 0 aromatic heterocycles. The predicted molar refractivity (Wildman–Crippen MR) is 116 cm³/mol. The number of nitriles is 1. The van der Waals surface area contributed by atoms with Gasteiger partial charge in [0, 0.05) is 28.3 Å². The molecule has 3 unspecified atom stereocenters. The van der Waals surface area contributed by atoms with Crippen LogP contribution in [0.15, 0.2) is 96.7 Å². The Balaban J connectivity index is 1.97. The van der Waals surface area contributed by atoms with Crippen LogP contribution in [0.2, 0.25) is 5.02 Å². The summed E-state index contributed by atoms with van der Waals surface area (Å²) in [5.41, 5.74) is 0.216. The maximum Gasteiger partial charge on any atom is 0.172 e. The second-order valence-electron chi connectivity index (χ2n) is 7.20. The first kappa shape index (κ1) is 19.9. The van der Waals surface area contributed by atoms with Crippen molar-refractivity contribution in [3.05, 3.63) is 118 Å². The number of Topliss-reactive ketones (excluding diaryl/α,β-unsaturated/α-hetero) is 1. The molecule has 30 heavy (non-hydrogen) atoms. The Morgan fingerprint density at radius 2 is 1.57 bits per heavy atom. The monoisotopic (exact) mass is 414 g/mol. The number of allylic oxidation sites excluding steroid dienone is 1. The maximum atomic E-state index is 13.8. The third-order valence-corrected chi connectivity index (χ3v) is 5.83. The Morgan fingerprint density at radius 1 is 0.967 bits per heavy atom. The Morgan fingerprint density at radius 3 is 2.20 bits per heavy atom. The molecule has 0 amide bonds. The lowest BCUT2D eigenvalue weighted by molar-refractivity contribution is -0.0449. The van der Waals surface area contributed by atoms with Crippen LogP contribution in [0.1, 0.15) is 27.4 Å². The predicted octanol–water partition coefficient (Wildman–Crippen LogP) is 4.78. The molecule has 1 aliphatic heterocycles. The molecular weight excluding hydrogens is 396 g/mol. The third-order valence-electron chi connectivity index (χ3n) is 5.49. The van der Waals surface area contributed by atoms with Crippen LogP contribution in [0.5, 0.6) is 0 Å². The number of hydrogen-bond acceptors (Lipinski definition) is 4. The second kappa shape index (κ2) is 8.16. The van der Waals surface area contributed by atoms with E-state index in [0.29, 0.717) is 27.3 Å². The zero-order valence-corrected chi connectivity index (χ0v) is 16.8. The SMILES string of the molecule is N#CC1=CNC(O)(c2ccccc2)C(C(=O)c2ccccc2)C1c1ccccc1Cl. The molecule has 1 aliphatic rings. The molecule has 4 rings (SSSR count). The fraction of sp³-hybridized carbons (Fsp3) is 0.120. The van der Waals surface area contributed by atoms with E-state index in [-0.39, 0.29) is 5.78 Å². The number of carbonyl (C=O) groups excluding carboxylic acids is 1. The van der Waals surface area contributed by atoms with Crippen LogP contribution in [0.3, 0.4) is 0 Å². The van der Waals surface area contributed by atoms with Crippen LogP contribution in [-0.4, -0.2) is 10.9 Å². The van der Waals surface area contributed by atoms with Gasteiger partial charge in [0.2, 0.25) is 0 Å². The van der Waals surface area contributed by atoms with Crippen molar-refractivity contribution in [2.24, 2.45) is 5.92 Å². The van der Waals surface area contributed by atoms with Crippen molar-refractivity contribution >= 4 is 17.4 Å². The fourth-order valence-corrected chi connectivity index (χ4v) is 4.30. The van der Waals surface area contributed by atoms with Crippen LogP contribution >= 0.6 is 11.6 Å². The van der Waals surface area contributed by atoms with Gasteiger partial charge in [0.05, 0.1) is 17.6 Å². The van der Waals surface area contributed by atoms with Crippen LogP contribution < -0.4 is 5.32 Å². The number of hydrogen-bond donors (Lipinski definition) is 2. The van der Waals surface area contributed by atoms with Gasteiger partial charge >= 0.3 is 0 Å². The molecule has 3 atom stereocenters. The van der Waals surface area contributed by atoms with E-state index >= 15 is 0 Å². The molecule has 0 fully saturated rings. The van der Waals surface area contributed by atoms with Crippen LogP contribution in [0.25, 0.3) is 0 Å². The van der Waals surface area contributed by atoms with Crippen molar-refractivity contribution in [3.63, 3.8) is 0 Å². The lowest BCUT2D eigenvalue weighted by Gasteiger charge is -2.43. The van der Waals surface area contributed by atoms with Crippen LogP contribution in [0, 0.1) is 17.2 Å². The Labute approximate surface area is 180 Å². The third kappa shape index (κ3) is 3.39. The number of aliphatic hydroxyl groups is 1. The van der Waals surface area contributed by atoms with E-state index in [4.69, 9.17) is 11.6 Å². The minimum absolute atomic E-state index is 0.278. The normalized spacial score (nSPS) is 23.0. The smallest absolute Gasteiger partial charge is 0.172 e. The molecule has 0 aliphatic carbocycles. The Hall–Kier alpha value is -3.39. The lowest BCUT2D eigenvalue weighted by atomic mass is 9.68. The highest BCUT2D eigenvalue weighted by Gasteiger charge is 2.51. The van der Waals surface area contributed by atoms with Gasteiger partial charge in [-0.15, -0.1) is 0 Å². The average molecular weight is 415 g/mol. The van der Waals surface area contributed by atoms with Gasteiger partial charge in [0.1, 0.15) is 0 Å². The van der Waals surface area contributed by atoms with E-state index in [1.165, 1.54) is 6.20 Å². The first-order valence-electron chi connectivity index (χ1n) is 9.55. The fourth-order valence-electron chi connectivity index (χ4n) is 4.04. The second-order valence-corrected chi connectivity index (χ2v) is 7.60. The summed E-state index contributed by atoms with van der Waals surface area (Å²) in [6, 6.07) is 27.0. The summed E-state index contributed by atoms with van der Waals surface area (Å²) in [5, 5.41) is 25.0. The summed E-state index contributed by atoms with van der Waals surface area (Å²) >= 11 is 6.49. The zero-order valence-electron chi connectivity index (χ0n) is 16.0. The van der Waals surface area contributed by atoms with E-state index in [9.17, 15) is 15.2 Å². The van der Waals surface area contributed by atoms with Crippen LogP contribution in [-0.2, 0) is 5.72 Å². The number of nitrogens with zero attached hydrogens (tertiary/aromatic N) is 1. The summed E-state index contributed by atoms with van der Waals surface area (Å²) in [5.74, 6) is -2.01. The minimum Gasteiger partial charge on any atom is -0.366 e. The molecule has 3 aromatic carbocycles. The van der Waals surface area contributed by atoms with Gasteiger partial charge < -0.3 is 10.4 Å². The van der Waals surface area contributed by atoms with Crippen molar-refractivity contribution in [2.75, 3.05) is 0 Å². The largest absolute Gasteiger partial charge is 0.366 e. The molecule has 0 spiro atoms. The summed E-state index contributed by atoms with van der Waals surface area (Å²) in [6.45, 7) is 0. The van der Waals surface area contributed by atoms with Crippen molar-refractivity contribution in [1.29, 1.82) is 5.26 Å².